The van der Waals surface area contributed by atoms with Crippen molar-refractivity contribution in [1.29, 1.82) is 0 Å². The lowest BCUT2D eigenvalue weighted by Gasteiger charge is -2.09. The van der Waals surface area contributed by atoms with E-state index < -0.39 is 0 Å². The highest BCUT2D eigenvalue weighted by Crippen LogP contribution is 2.18. The lowest BCUT2D eigenvalue weighted by atomic mass is 10.1. The first-order valence-corrected chi connectivity index (χ1v) is 7.26. The largest absolute Gasteiger partial charge is 0.489 e. The average Bonchev–Trinajstić information content (AvgIpc) is 2.45. The number of hydrogen-bond acceptors (Lipinski definition) is 2. The Kier molecular flexibility index (Phi) is 5.59. The summed E-state index contributed by atoms with van der Waals surface area (Å²) in [6.07, 6.45) is 1.26. The summed E-state index contributed by atoms with van der Waals surface area (Å²) in [5.74, 6) is 0.321. The number of rotatable bonds is 6. The third kappa shape index (κ3) is 5.03. The molecule has 0 amide bonds. The summed E-state index contributed by atoms with van der Waals surface area (Å²) in [5, 5.41) is 9.63. The molecule has 21 heavy (non-hydrogen) atoms. The topological polar surface area (TPSA) is 29.5 Å². The van der Waals surface area contributed by atoms with E-state index in [4.69, 9.17) is 16.3 Å². The summed E-state index contributed by atoms with van der Waals surface area (Å²) in [4.78, 5) is 0. The molecule has 0 saturated carbocycles. The van der Waals surface area contributed by atoms with Crippen LogP contribution >= 0.6 is 11.6 Å². The fourth-order valence-electron chi connectivity index (χ4n) is 1.93. The van der Waals surface area contributed by atoms with Gasteiger partial charge in [0.15, 0.2) is 0 Å². The van der Waals surface area contributed by atoms with Crippen molar-refractivity contribution < 1.29 is 14.2 Å². The van der Waals surface area contributed by atoms with Crippen molar-refractivity contribution in [3.05, 3.63) is 64.4 Å². The standard InChI is InChI=1S/C17H18ClFO2/c1-12(20)2-3-13-4-8-16(9-5-13)21-11-14-6-7-15(18)10-17(14)19/h4-10,12,20H,2-3,11H2,1H3. The van der Waals surface area contributed by atoms with E-state index in [1.54, 1.807) is 19.1 Å². The summed E-state index contributed by atoms with van der Waals surface area (Å²) in [5.41, 5.74) is 1.61. The highest BCUT2D eigenvalue weighted by molar-refractivity contribution is 6.30. The van der Waals surface area contributed by atoms with Crippen LogP contribution in [0.2, 0.25) is 5.02 Å². The van der Waals surface area contributed by atoms with Gasteiger partial charge in [-0.05, 0) is 49.6 Å². The zero-order chi connectivity index (χ0) is 15.2. The minimum absolute atomic E-state index is 0.163. The Morgan fingerprint density at radius 1 is 1.19 bits per heavy atom. The summed E-state index contributed by atoms with van der Waals surface area (Å²) >= 11 is 5.70. The quantitative estimate of drug-likeness (QED) is 0.858. The van der Waals surface area contributed by atoms with Gasteiger partial charge in [0.2, 0.25) is 0 Å². The fourth-order valence-corrected chi connectivity index (χ4v) is 2.09. The van der Waals surface area contributed by atoms with Gasteiger partial charge in [-0.15, -0.1) is 0 Å². The van der Waals surface area contributed by atoms with Crippen molar-refractivity contribution in [1.82, 2.24) is 0 Å². The molecule has 2 aromatic carbocycles. The van der Waals surface area contributed by atoms with Gasteiger partial charge < -0.3 is 9.84 Å². The number of halogens is 2. The minimum Gasteiger partial charge on any atom is -0.489 e. The molecule has 0 radical (unpaired) electrons. The molecule has 0 aliphatic rings. The van der Waals surface area contributed by atoms with Gasteiger partial charge in [0.1, 0.15) is 18.2 Å². The van der Waals surface area contributed by atoms with E-state index in [1.807, 2.05) is 24.3 Å². The molecule has 4 heteroatoms. The van der Waals surface area contributed by atoms with E-state index in [9.17, 15) is 9.50 Å². The first-order valence-electron chi connectivity index (χ1n) is 6.88. The average molecular weight is 309 g/mol. The third-order valence-corrected chi connectivity index (χ3v) is 3.42. The van der Waals surface area contributed by atoms with Gasteiger partial charge in [0.05, 0.1) is 6.10 Å². The Bertz CT molecular complexity index is 582. The lowest BCUT2D eigenvalue weighted by molar-refractivity contribution is 0.185. The zero-order valence-electron chi connectivity index (χ0n) is 11.9. The Labute approximate surface area is 129 Å². The van der Waals surface area contributed by atoms with Gasteiger partial charge >= 0.3 is 0 Å². The Morgan fingerprint density at radius 3 is 2.52 bits per heavy atom. The van der Waals surface area contributed by atoms with Crippen LogP contribution in [0.25, 0.3) is 0 Å². The van der Waals surface area contributed by atoms with E-state index in [2.05, 4.69) is 0 Å². The molecule has 0 fully saturated rings. The molecule has 112 valence electrons. The number of aliphatic hydroxyl groups excluding tert-OH is 1. The molecule has 2 aromatic rings. The summed E-state index contributed by atoms with van der Waals surface area (Å²) < 4.78 is 19.2. The van der Waals surface area contributed by atoms with Crippen LogP contribution in [0.5, 0.6) is 5.75 Å². The first kappa shape index (κ1) is 15.8. The van der Waals surface area contributed by atoms with Gasteiger partial charge in [0, 0.05) is 10.6 Å². The number of aliphatic hydroxyl groups is 1. The molecule has 0 aromatic heterocycles. The van der Waals surface area contributed by atoms with Crippen molar-refractivity contribution in [2.45, 2.75) is 32.5 Å². The third-order valence-electron chi connectivity index (χ3n) is 3.18. The molecule has 0 aliphatic carbocycles. The number of aryl methyl sites for hydroxylation is 1. The molecule has 2 rings (SSSR count). The van der Waals surface area contributed by atoms with Crippen LogP contribution in [0, 0.1) is 5.82 Å². The SMILES string of the molecule is CC(O)CCc1ccc(OCc2ccc(Cl)cc2F)cc1. The molecular formula is C17H18ClFO2. The fraction of sp³-hybridized carbons (Fsp3) is 0.294. The molecule has 0 saturated heterocycles. The molecule has 1 unspecified atom stereocenters. The van der Waals surface area contributed by atoms with E-state index in [0.29, 0.717) is 16.3 Å². The van der Waals surface area contributed by atoms with E-state index >= 15 is 0 Å². The maximum Gasteiger partial charge on any atom is 0.131 e. The molecule has 1 N–H and O–H groups in total. The second-order valence-electron chi connectivity index (χ2n) is 5.06. The van der Waals surface area contributed by atoms with Crippen molar-refractivity contribution in [3.8, 4) is 5.75 Å². The van der Waals surface area contributed by atoms with Crippen molar-refractivity contribution in [2.24, 2.45) is 0 Å². The van der Waals surface area contributed by atoms with Crippen molar-refractivity contribution in [3.63, 3.8) is 0 Å². The Hall–Kier alpha value is -1.58. The van der Waals surface area contributed by atoms with Gasteiger partial charge in [-0.25, -0.2) is 4.39 Å². The van der Waals surface area contributed by atoms with E-state index in [-0.39, 0.29) is 18.5 Å². The summed E-state index contributed by atoms with van der Waals surface area (Å²) in [7, 11) is 0. The zero-order valence-corrected chi connectivity index (χ0v) is 12.6. The van der Waals surface area contributed by atoms with Gasteiger partial charge in [-0.2, -0.15) is 0 Å². The summed E-state index contributed by atoms with van der Waals surface area (Å²) in [6, 6.07) is 12.2. The molecular weight excluding hydrogens is 291 g/mol. The highest BCUT2D eigenvalue weighted by atomic mass is 35.5. The van der Waals surface area contributed by atoms with Crippen LogP contribution < -0.4 is 4.74 Å². The maximum atomic E-state index is 13.6. The predicted molar refractivity (Wildman–Crippen MR) is 82.2 cm³/mol. The highest BCUT2D eigenvalue weighted by Gasteiger charge is 2.04. The van der Waals surface area contributed by atoms with Crippen LogP contribution in [0.15, 0.2) is 42.5 Å². The second-order valence-corrected chi connectivity index (χ2v) is 5.49. The first-order chi connectivity index (χ1) is 10.0. The molecule has 0 spiro atoms. The number of hydrogen-bond donors (Lipinski definition) is 1. The van der Waals surface area contributed by atoms with Gasteiger partial charge in [-0.3, -0.25) is 0 Å². The molecule has 1 atom stereocenters. The number of ether oxygens (including phenoxy) is 1. The van der Waals surface area contributed by atoms with Crippen molar-refractivity contribution in [2.75, 3.05) is 0 Å². The molecule has 0 heterocycles. The van der Waals surface area contributed by atoms with Gasteiger partial charge in [0.25, 0.3) is 0 Å². The van der Waals surface area contributed by atoms with Crippen molar-refractivity contribution >= 4 is 11.6 Å². The lowest BCUT2D eigenvalue weighted by Crippen LogP contribution is -2.01. The summed E-state index contributed by atoms with van der Waals surface area (Å²) in [6.45, 7) is 1.94. The normalized spacial score (nSPS) is 12.2. The molecule has 0 aliphatic heterocycles. The molecule has 2 nitrogen and oxygen atoms in total. The maximum absolute atomic E-state index is 13.6. The number of benzene rings is 2. The molecule has 0 bridgehead atoms. The Balaban J connectivity index is 1.91. The van der Waals surface area contributed by atoms with Gasteiger partial charge in [-0.1, -0.05) is 29.8 Å². The predicted octanol–water partition coefficient (Wildman–Crippen LogP) is 4.37. The van der Waals surface area contributed by atoms with E-state index in [0.717, 1.165) is 18.4 Å². The van der Waals surface area contributed by atoms with E-state index in [1.165, 1.54) is 6.07 Å². The van der Waals surface area contributed by atoms with Crippen LogP contribution in [0.3, 0.4) is 0 Å². The minimum atomic E-state index is -0.365. The monoisotopic (exact) mass is 308 g/mol. The Morgan fingerprint density at radius 2 is 1.90 bits per heavy atom. The van der Waals surface area contributed by atoms with Crippen LogP contribution in [-0.2, 0) is 13.0 Å². The van der Waals surface area contributed by atoms with Crippen LogP contribution in [-0.4, -0.2) is 11.2 Å². The van der Waals surface area contributed by atoms with Crippen LogP contribution in [0.4, 0.5) is 4.39 Å². The smallest absolute Gasteiger partial charge is 0.131 e. The second kappa shape index (κ2) is 7.43. The van der Waals surface area contributed by atoms with Crippen LogP contribution in [0.1, 0.15) is 24.5 Å².